The summed E-state index contributed by atoms with van der Waals surface area (Å²) in [5, 5.41) is 2.78. The third-order valence-electron chi connectivity index (χ3n) is 3.97. The highest BCUT2D eigenvalue weighted by Gasteiger charge is 2.19. The molecule has 1 atom stereocenters. The van der Waals surface area contributed by atoms with E-state index < -0.39 is 11.9 Å². The SMILES string of the molecule is CC[C@H](Oc1ccccc1F)C(=O)NCCOc1ccccc1C(C)C. The molecule has 0 aliphatic rings. The third-order valence-corrected chi connectivity index (χ3v) is 3.97. The van der Waals surface area contributed by atoms with E-state index in [1.807, 2.05) is 31.2 Å². The van der Waals surface area contributed by atoms with Crippen molar-refractivity contribution in [2.45, 2.75) is 39.2 Å². The molecule has 0 spiro atoms. The van der Waals surface area contributed by atoms with E-state index >= 15 is 0 Å². The number of carbonyl (C=O) groups is 1. The molecule has 0 bridgehead atoms. The van der Waals surface area contributed by atoms with Gasteiger partial charge < -0.3 is 14.8 Å². The molecule has 0 saturated carbocycles. The molecule has 0 saturated heterocycles. The normalized spacial score (nSPS) is 11.9. The molecule has 1 amide bonds. The van der Waals surface area contributed by atoms with Crippen molar-refractivity contribution in [1.82, 2.24) is 5.32 Å². The van der Waals surface area contributed by atoms with E-state index in [0.29, 0.717) is 25.5 Å². The first-order valence-electron chi connectivity index (χ1n) is 8.93. The number of ether oxygens (including phenoxy) is 2. The van der Waals surface area contributed by atoms with Gasteiger partial charge >= 0.3 is 0 Å². The highest BCUT2D eigenvalue weighted by atomic mass is 19.1. The molecule has 0 unspecified atom stereocenters. The van der Waals surface area contributed by atoms with Gasteiger partial charge in [0.25, 0.3) is 5.91 Å². The van der Waals surface area contributed by atoms with Crippen LogP contribution in [0.5, 0.6) is 11.5 Å². The van der Waals surface area contributed by atoms with E-state index in [0.717, 1.165) is 11.3 Å². The van der Waals surface area contributed by atoms with Gasteiger partial charge in [0.05, 0.1) is 6.54 Å². The summed E-state index contributed by atoms with van der Waals surface area (Å²) in [5.41, 5.74) is 1.13. The topological polar surface area (TPSA) is 47.6 Å². The van der Waals surface area contributed by atoms with Crippen molar-refractivity contribution in [2.24, 2.45) is 0 Å². The van der Waals surface area contributed by atoms with E-state index in [4.69, 9.17) is 9.47 Å². The Kier molecular flexibility index (Phi) is 7.45. The van der Waals surface area contributed by atoms with Gasteiger partial charge in [-0.2, -0.15) is 0 Å². The predicted molar refractivity (Wildman–Crippen MR) is 100 cm³/mol. The van der Waals surface area contributed by atoms with Crippen LogP contribution in [0.2, 0.25) is 0 Å². The standard InChI is InChI=1S/C21H26FNO3/c1-4-18(26-20-12-8-6-10-17(20)22)21(24)23-13-14-25-19-11-7-5-9-16(19)15(2)3/h5-12,15,18H,4,13-14H2,1-3H3,(H,23,24)/t18-/m0/s1. The fourth-order valence-electron chi connectivity index (χ4n) is 2.55. The maximum absolute atomic E-state index is 13.7. The van der Waals surface area contributed by atoms with Crippen LogP contribution in [0.25, 0.3) is 0 Å². The monoisotopic (exact) mass is 359 g/mol. The van der Waals surface area contributed by atoms with Crippen molar-refractivity contribution in [1.29, 1.82) is 0 Å². The van der Waals surface area contributed by atoms with Crippen molar-refractivity contribution in [3.05, 3.63) is 59.9 Å². The van der Waals surface area contributed by atoms with Gasteiger partial charge in [0.2, 0.25) is 0 Å². The summed E-state index contributed by atoms with van der Waals surface area (Å²) in [6.07, 6.45) is -0.299. The molecule has 1 N–H and O–H groups in total. The summed E-state index contributed by atoms with van der Waals surface area (Å²) in [6.45, 7) is 6.74. The van der Waals surface area contributed by atoms with E-state index in [1.54, 1.807) is 12.1 Å². The zero-order chi connectivity index (χ0) is 18.9. The second-order valence-electron chi connectivity index (χ2n) is 6.28. The molecule has 0 aromatic heterocycles. The first-order chi connectivity index (χ1) is 12.5. The molecule has 5 heteroatoms. The van der Waals surface area contributed by atoms with Crippen molar-refractivity contribution < 1.29 is 18.7 Å². The number of rotatable bonds is 9. The van der Waals surface area contributed by atoms with Crippen LogP contribution in [0, 0.1) is 5.82 Å². The van der Waals surface area contributed by atoms with Crippen molar-refractivity contribution in [3.63, 3.8) is 0 Å². The molecule has 140 valence electrons. The maximum atomic E-state index is 13.7. The molecule has 2 aromatic carbocycles. The summed E-state index contributed by atoms with van der Waals surface area (Å²) in [7, 11) is 0. The van der Waals surface area contributed by atoms with Crippen LogP contribution >= 0.6 is 0 Å². The average molecular weight is 359 g/mol. The molecule has 0 aliphatic heterocycles. The van der Waals surface area contributed by atoms with Crippen molar-refractivity contribution >= 4 is 5.91 Å². The van der Waals surface area contributed by atoms with Crippen LogP contribution < -0.4 is 14.8 Å². The molecule has 0 radical (unpaired) electrons. The van der Waals surface area contributed by atoms with Gasteiger partial charge in [0.15, 0.2) is 17.7 Å². The van der Waals surface area contributed by atoms with Crippen molar-refractivity contribution in [3.8, 4) is 11.5 Å². The third kappa shape index (κ3) is 5.48. The van der Waals surface area contributed by atoms with Crippen LogP contribution in [-0.4, -0.2) is 25.2 Å². The molecular weight excluding hydrogens is 333 g/mol. The largest absolute Gasteiger partial charge is 0.491 e. The van der Waals surface area contributed by atoms with Crippen LogP contribution in [-0.2, 0) is 4.79 Å². The van der Waals surface area contributed by atoms with Gasteiger partial charge in [-0.1, -0.05) is 51.1 Å². The lowest BCUT2D eigenvalue weighted by atomic mass is 10.0. The summed E-state index contributed by atoms with van der Waals surface area (Å²) in [6, 6.07) is 13.9. The van der Waals surface area contributed by atoms with Gasteiger partial charge in [-0.3, -0.25) is 4.79 Å². The molecule has 26 heavy (non-hydrogen) atoms. The van der Waals surface area contributed by atoms with Crippen LogP contribution in [0.4, 0.5) is 4.39 Å². The van der Waals surface area contributed by atoms with Gasteiger partial charge in [-0.25, -0.2) is 4.39 Å². The predicted octanol–water partition coefficient (Wildman–Crippen LogP) is 4.30. The highest BCUT2D eigenvalue weighted by Crippen LogP contribution is 2.25. The Bertz CT molecular complexity index is 718. The number of benzene rings is 2. The molecule has 2 aromatic rings. The van der Waals surface area contributed by atoms with Gasteiger partial charge in [0, 0.05) is 0 Å². The zero-order valence-electron chi connectivity index (χ0n) is 15.5. The second-order valence-corrected chi connectivity index (χ2v) is 6.28. The number of amides is 1. The fraction of sp³-hybridized carbons (Fsp3) is 0.381. The quantitative estimate of drug-likeness (QED) is 0.679. The number of para-hydroxylation sites is 2. The molecule has 4 nitrogen and oxygen atoms in total. The summed E-state index contributed by atoms with van der Waals surface area (Å²) >= 11 is 0. The Hall–Kier alpha value is -2.56. The Balaban J connectivity index is 1.83. The molecule has 0 aliphatic carbocycles. The lowest BCUT2D eigenvalue weighted by Gasteiger charge is -2.18. The van der Waals surface area contributed by atoms with Gasteiger partial charge in [0.1, 0.15) is 12.4 Å². The summed E-state index contributed by atoms with van der Waals surface area (Å²) in [5.74, 6) is 0.506. The molecule has 0 fully saturated rings. The van der Waals surface area contributed by atoms with Gasteiger partial charge in [-0.05, 0) is 36.1 Å². The second kappa shape index (κ2) is 9.80. The maximum Gasteiger partial charge on any atom is 0.261 e. The van der Waals surface area contributed by atoms with E-state index in [9.17, 15) is 9.18 Å². The minimum Gasteiger partial charge on any atom is -0.491 e. The van der Waals surface area contributed by atoms with Crippen molar-refractivity contribution in [2.75, 3.05) is 13.2 Å². The summed E-state index contributed by atoms with van der Waals surface area (Å²) in [4.78, 5) is 12.3. The molecule has 0 heterocycles. The Morgan fingerprint density at radius 2 is 1.73 bits per heavy atom. The Labute approximate surface area is 154 Å². The fourth-order valence-corrected chi connectivity index (χ4v) is 2.55. The van der Waals surface area contributed by atoms with E-state index in [-0.39, 0.29) is 11.7 Å². The summed E-state index contributed by atoms with van der Waals surface area (Å²) < 4.78 is 24.9. The van der Waals surface area contributed by atoms with Gasteiger partial charge in [-0.15, -0.1) is 0 Å². The number of carbonyl (C=O) groups excluding carboxylic acids is 1. The lowest BCUT2D eigenvalue weighted by Crippen LogP contribution is -2.40. The minimum absolute atomic E-state index is 0.0802. The smallest absolute Gasteiger partial charge is 0.261 e. The van der Waals surface area contributed by atoms with Crippen LogP contribution in [0.1, 0.15) is 38.7 Å². The minimum atomic E-state index is -0.741. The number of nitrogens with one attached hydrogen (secondary N) is 1. The first-order valence-corrected chi connectivity index (χ1v) is 8.93. The number of hydrogen-bond donors (Lipinski definition) is 1. The van der Waals surface area contributed by atoms with Crippen LogP contribution in [0.15, 0.2) is 48.5 Å². The molecule has 2 rings (SSSR count). The zero-order valence-corrected chi connectivity index (χ0v) is 15.5. The van der Waals surface area contributed by atoms with E-state index in [2.05, 4.69) is 19.2 Å². The average Bonchev–Trinajstić information content (AvgIpc) is 2.64. The number of halogens is 1. The Morgan fingerprint density at radius 1 is 1.08 bits per heavy atom. The number of hydrogen-bond acceptors (Lipinski definition) is 3. The van der Waals surface area contributed by atoms with Crippen LogP contribution in [0.3, 0.4) is 0 Å². The first kappa shape index (κ1) is 19.8. The highest BCUT2D eigenvalue weighted by molar-refractivity contribution is 5.81. The van der Waals surface area contributed by atoms with E-state index in [1.165, 1.54) is 12.1 Å². The lowest BCUT2D eigenvalue weighted by molar-refractivity contribution is -0.128. The molecular formula is C21H26FNO3. The Morgan fingerprint density at radius 3 is 2.38 bits per heavy atom.